The average Bonchev–Trinajstić information content (AvgIpc) is 1.86. The van der Waals surface area contributed by atoms with Crippen molar-refractivity contribution < 1.29 is 14.9 Å². The predicted octanol–water partition coefficient (Wildman–Crippen LogP) is 2.22. The summed E-state index contributed by atoms with van der Waals surface area (Å²) in [4.78, 5) is 14.2. The Morgan fingerprint density at radius 2 is 2.09 bits per heavy atom. The van der Waals surface area contributed by atoms with Crippen molar-refractivity contribution in [2.24, 2.45) is 5.41 Å². The van der Waals surface area contributed by atoms with Gasteiger partial charge in [-0.25, -0.2) is 4.79 Å². The zero-order valence-electron chi connectivity index (χ0n) is 7.39. The van der Waals surface area contributed by atoms with Gasteiger partial charge in [0.05, 0.1) is 6.42 Å². The van der Waals surface area contributed by atoms with Gasteiger partial charge in [-0.05, 0) is 11.8 Å². The zero-order valence-corrected chi connectivity index (χ0v) is 7.39. The zero-order chi connectivity index (χ0) is 8.91. The van der Waals surface area contributed by atoms with E-state index in [0.717, 1.165) is 12.8 Å². The van der Waals surface area contributed by atoms with Crippen LogP contribution in [0.15, 0.2) is 0 Å². The maximum Gasteiger partial charge on any atom is 0.342 e. The van der Waals surface area contributed by atoms with Crippen LogP contribution in [0.5, 0.6) is 0 Å². The Kier molecular flexibility index (Phi) is 4.11. The molecule has 11 heavy (non-hydrogen) atoms. The van der Waals surface area contributed by atoms with Crippen LogP contribution in [0.4, 0.5) is 0 Å². The van der Waals surface area contributed by atoms with E-state index in [9.17, 15) is 4.79 Å². The summed E-state index contributed by atoms with van der Waals surface area (Å²) in [6.45, 7) is 6.02. The van der Waals surface area contributed by atoms with Crippen molar-refractivity contribution in [3.8, 4) is 0 Å². The summed E-state index contributed by atoms with van der Waals surface area (Å²) in [5.74, 6) is -0.552. The van der Waals surface area contributed by atoms with Crippen molar-refractivity contribution in [1.29, 1.82) is 0 Å². The van der Waals surface area contributed by atoms with Gasteiger partial charge in [0.1, 0.15) is 0 Å². The third kappa shape index (κ3) is 4.79. The van der Waals surface area contributed by atoms with Gasteiger partial charge < -0.3 is 4.89 Å². The number of hydrogen-bond acceptors (Lipinski definition) is 3. The highest BCUT2D eigenvalue weighted by Crippen LogP contribution is 2.26. The van der Waals surface area contributed by atoms with Gasteiger partial charge in [0.2, 0.25) is 0 Å². The lowest BCUT2D eigenvalue weighted by Crippen LogP contribution is -2.17. The second-order valence-electron chi connectivity index (χ2n) is 3.55. The lowest BCUT2D eigenvalue weighted by molar-refractivity contribution is -0.236. The Hall–Kier alpha value is -0.570. The summed E-state index contributed by atoms with van der Waals surface area (Å²) in [7, 11) is 0. The lowest BCUT2D eigenvalue weighted by atomic mass is 9.85. The summed E-state index contributed by atoms with van der Waals surface area (Å²) >= 11 is 0. The summed E-state index contributed by atoms with van der Waals surface area (Å²) in [6, 6.07) is 0. The molecule has 0 fully saturated rings. The molecule has 3 nitrogen and oxygen atoms in total. The van der Waals surface area contributed by atoms with Crippen LogP contribution < -0.4 is 0 Å². The number of carbonyl (C=O) groups excluding carboxylic acids is 1. The molecule has 0 aliphatic heterocycles. The van der Waals surface area contributed by atoms with Gasteiger partial charge in [-0.15, -0.1) is 0 Å². The topological polar surface area (TPSA) is 46.5 Å². The van der Waals surface area contributed by atoms with E-state index < -0.39 is 5.97 Å². The summed E-state index contributed by atoms with van der Waals surface area (Å²) in [5.41, 5.74) is -0.0609. The van der Waals surface area contributed by atoms with Crippen molar-refractivity contribution >= 4 is 5.97 Å². The van der Waals surface area contributed by atoms with Gasteiger partial charge in [0.25, 0.3) is 0 Å². The first kappa shape index (κ1) is 10.4. The van der Waals surface area contributed by atoms with Crippen LogP contribution in [-0.4, -0.2) is 11.2 Å². The molecule has 0 aromatic rings. The molecule has 0 aromatic carbocycles. The SMILES string of the molecule is CCCC(C)(C)CC(=O)OO. The van der Waals surface area contributed by atoms with Crippen molar-refractivity contribution in [1.82, 2.24) is 0 Å². The fraction of sp³-hybridized carbons (Fsp3) is 0.875. The average molecular weight is 160 g/mol. The van der Waals surface area contributed by atoms with Crippen molar-refractivity contribution in [2.45, 2.75) is 40.0 Å². The van der Waals surface area contributed by atoms with E-state index in [2.05, 4.69) is 11.8 Å². The van der Waals surface area contributed by atoms with Gasteiger partial charge in [0.15, 0.2) is 0 Å². The van der Waals surface area contributed by atoms with E-state index in [1.165, 1.54) is 0 Å². The molecule has 0 atom stereocenters. The monoisotopic (exact) mass is 160 g/mol. The van der Waals surface area contributed by atoms with Gasteiger partial charge in [-0.3, -0.25) is 0 Å². The molecule has 0 saturated carbocycles. The van der Waals surface area contributed by atoms with Crippen molar-refractivity contribution in [2.75, 3.05) is 0 Å². The highest BCUT2D eigenvalue weighted by molar-refractivity contribution is 5.69. The summed E-state index contributed by atoms with van der Waals surface area (Å²) in [6.07, 6.45) is 2.27. The molecular formula is C8H16O3. The highest BCUT2D eigenvalue weighted by Gasteiger charge is 2.21. The molecule has 0 heterocycles. The molecule has 0 saturated heterocycles. The van der Waals surface area contributed by atoms with E-state index in [-0.39, 0.29) is 11.8 Å². The third-order valence-corrected chi connectivity index (χ3v) is 1.65. The molecule has 0 amide bonds. The smallest absolute Gasteiger partial charge is 0.301 e. The fourth-order valence-corrected chi connectivity index (χ4v) is 1.19. The van der Waals surface area contributed by atoms with E-state index in [1.807, 2.05) is 13.8 Å². The standard InChI is InChI=1S/C8H16O3/c1-4-5-8(2,3)6-7(9)11-10/h10H,4-6H2,1-3H3. The first-order chi connectivity index (χ1) is 5.02. The Labute approximate surface area is 67.3 Å². The normalized spacial score (nSPS) is 11.3. The molecule has 66 valence electrons. The van der Waals surface area contributed by atoms with Gasteiger partial charge >= 0.3 is 5.97 Å². The Morgan fingerprint density at radius 1 is 1.55 bits per heavy atom. The van der Waals surface area contributed by atoms with Crippen LogP contribution in [0.2, 0.25) is 0 Å². The van der Waals surface area contributed by atoms with Crippen LogP contribution in [0.1, 0.15) is 40.0 Å². The first-order valence-electron chi connectivity index (χ1n) is 3.86. The maximum atomic E-state index is 10.6. The maximum absolute atomic E-state index is 10.6. The van der Waals surface area contributed by atoms with E-state index in [1.54, 1.807) is 0 Å². The Bertz CT molecular complexity index is 129. The van der Waals surface area contributed by atoms with Gasteiger partial charge in [0, 0.05) is 0 Å². The van der Waals surface area contributed by atoms with Crippen LogP contribution in [-0.2, 0) is 9.68 Å². The molecule has 0 radical (unpaired) electrons. The minimum atomic E-state index is -0.552. The third-order valence-electron chi connectivity index (χ3n) is 1.65. The largest absolute Gasteiger partial charge is 0.342 e. The van der Waals surface area contributed by atoms with Crippen LogP contribution in [0.3, 0.4) is 0 Å². The molecule has 0 aliphatic rings. The molecule has 3 heteroatoms. The molecule has 0 aromatic heterocycles. The summed E-state index contributed by atoms with van der Waals surface area (Å²) in [5, 5.41) is 8.02. The predicted molar refractivity (Wildman–Crippen MR) is 42.0 cm³/mol. The minimum absolute atomic E-state index is 0.0609. The number of carbonyl (C=O) groups is 1. The van der Waals surface area contributed by atoms with E-state index in [0.29, 0.717) is 0 Å². The van der Waals surface area contributed by atoms with Crippen LogP contribution >= 0.6 is 0 Å². The van der Waals surface area contributed by atoms with Crippen LogP contribution in [0, 0.1) is 5.41 Å². The Morgan fingerprint density at radius 3 is 2.45 bits per heavy atom. The second kappa shape index (κ2) is 4.34. The quantitative estimate of drug-likeness (QED) is 0.506. The molecular weight excluding hydrogens is 144 g/mol. The molecule has 0 rings (SSSR count). The first-order valence-corrected chi connectivity index (χ1v) is 3.86. The van der Waals surface area contributed by atoms with Gasteiger partial charge in [-0.2, -0.15) is 5.26 Å². The molecule has 0 spiro atoms. The molecule has 0 bridgehead atoms. The fourth-order valence-electron chi connectivity index (χ4n) is 1.19. The number of hydrogen-bond donors (Lipinski definition) is 1. The lowest BCUT2D eigenvalue weighted by Gasteiger charge is -2.21. The number of rotatable bonds is 4. The summed E-state index contributed by atoms with van der Waals surface area (Å²) < 4.78 is 0. The van der Waals surface area contributed by atoms with Crippen molar-refractivity contribution in [3.63, 3.8) is 0 Å². The van der Waals surface area contributed by atoms with Crippen molar-refractivity contribution in [3.05, 3.63) is 0 Å². The molecule has 0 aliphatic carbocycles. The Balaban J connectivity index is 3.80. The highest BCUT2D eigenvalue weighted by atomic mass is 17.1. The van der Waals surface area contributed by atoms with Crippen LogP contribution in [0.25, 0.3) is 0 Å². The second-order valence-corrected chi connectivity index (χ2v) is 3.55. The minimum Gasteiger partial charge on any atom is -0.301 e. The van der Waals surface area contributed by atoms with E-state index in [4.69, 9.17) is 5.26 Å². The van der Waals surface area contributed by atoms with E-state index >= 15 is 0 Å². The molecule has 1 N–H and O–H groups in total. The van der Waals surface area contributed by atoms with Gasteiger partial charge in [-0.1, -0.05) is 27.2 Å². The molecule has 0 unspecified atom stereocenters.